The normalized spacial score (nSPS) is 14.0. The van der Waals surface area contributed by atoms with Gasteiger partial charge in [-0.3, -0.25) is 4.79 Å². The summed E-state index contributed by atoms with van der Waals surface area (Å²) in [5, 5.41) is 12.4. The van der Waals surface area contributed by atoms with Gasteiger partial charge in [-0.2, -0.15) is 5.26 Å². The van der Waals surface area contributed by atoms with Gasteiger partial charge in [-0.15, -0.1) is 0 Å². The number of amides is 1. The molecular formula is C28H34FN5O2. The Hall–Kier alpha value is -3.54. The number of carbonyl (C=O) groups is 1. The standard InChI is InChI=1S/C28H34FN5O2/c1-28(2,3)25(33-27(35)24(36-4)14-22(29)16-31)26-32-23(21-11-6-5-7-12-21)18-34(26)17-20-10-8-9-19(13-20)15-30/h5-13,18,22,24-25H,14,16-17,31H2,1-4H3,(H,33,35)/t22-,24?,25+/m1/s1. The van der Waals surface area contributed by atoms with Gasteiger partial charge in [0, 0.05) is 38.4 Å². The summed E-state index contributed by atoms with van der Waals surface area (Å²) < 4.78 is 21.2. The maximum absolute atomic E-state index is 14.0. The molecule has 190 valence electrons. The Morgan fingerprint density at radius 1 is 1.22 bits per heavy atom. The number of hydrogen-bond donors (Lipinski definition) is 2. The van der Waals surface area contributed by atoms with Gasteiger partial charge in [-0.05, 0) is 23.1 Å². The van der Waals surface area contributed by atoms with Crippen LogP contribution in [-0.4, -0.2) is 41.4 Å². The van der Waals surface area contributed by atoms with Crippen LogP contribution in [0.4, 0.5) is 4.39 Å². The molecule has 1 unspecified atom stereocenters. The van der Waals surface area contributed by atoms with Crippen LogP contribution in [0.3, 0.4) is 0 Å². The van der Waals surface area contributed by atoms with Crippen molar-refractivity contribution in [2.75, 3.05) is 13.7 Å². The fourth-order valence-electron chi connectivity index (χ4n) is 4.01. The van der Waals surface area contributed by atoms with Crippen LogP contribution < -0.4 is 11.1 Å². The lowest BCUT2D eigenvalue weighted by Gasteiger charge is -2.32. The van der Waals surface area contributed by atoms with E-state index in [-0.39, 0.29) is 13.0 Å². The third kappa shape index (κ3) is 6.78. The SMILES string of the molecule is COC(C[C@@H](F)CN)C(=O)N[C@@H](c1nc(-c2ccccc2)cn1Cc1cccc(C#N)c1)C(C)(C)C. The van der Waals surface area contributed by atoms with E-state index in [1.807, 2.05) is 80.1 Å². The number of nitriles is 1. The van der Waals surface area contributed by atoms with E-state index in [1.54, 1.807) is 6.07 Å². The van der Waals surface area contributed by atoms with Crippen molar-refractivity contribution in [2.24, 2.45) is 11.1 Å². The minimum atomic E-state index is -1.34. The number of alkyl halides is 1. The first kappa shape index (κ1) is 27.1. The average Bonchev–Trinajstić information content (AvgIpc) is 3.28. The smallest absolute Gasteiger partial charge is 0.249 e. The van der Waals surface area contributed by atoms with Crippen molar-refractivity contribution in [3.05, 3.63) is 77.7 Å². The minimum absolute atomic E-state index is 0.125. The highest BCUT2D eigenvalue weighted by Crippen LogP contribution is 2.34. The average molecular weight is 492 g/mol. The maximum Gasteiger partial charge on any atom is 0.249 e. The lowest BCUT2D eigenvalue weighted by atomic mass is 9.85. The molecule has 0 radical (unpaired) electrons. The molecule has 8 heteroatoms. The first-order chi connectivity index (χ1) is 17.2. The molecule has 7 nitrogen and oxygen atoms in total. The van der Waals surface area contributed by atoms with E-state index in [9.17, 15) is 14.4 Å². The number of carbonyl (C=O) groups excluding carboxylic acids is 1. The number of nitrogens with two attached hydrogens (primary N) is 1. The summed E-state index contributed by atoms with van der Waals surface area (Å²) in [4.78, 5) is 18.1. The molecule has 0 aliphatic rings. The second kappa shape index (κ2) is 11.9. The van der Waals surface area contributed by atoms with Crippen molar-refractivity contribution in [1.29, 1.82) is 5.26 Å². The van der Waals surface area contributed by atoms with Crippen LogP contribution in [0.25, 0.3) is 11.3 Å². The van der Waals surface area contributed by atoms with Crippen molar-refractivity contribution in [1.82, 2.24) is 14.9 Å². The summed E-state index contributed by atoms with van der Waals surface area (Å²) in [5.41, 5.74) is 8.20. The lowest BCUT2D eigenvalue weighted by Crippen LogP contribution is -2.45. The molecule has 3 atom stereocenters. The first-order valence-electron chi connectivity index (χ1n) is 11.9. The molecule has 36 heavy (non-hydrogen) atoms. The van der Waals surface area contributed by atoms with Crippen LogP contribution in [0.1, 0.15) is 50.2 Å². The third-order valence-electron chi connectivity index (χ3n) is 6.00. The quantitative estimate of drug-likeness (QED) is 0.438. The third-order valence-corrected chi connectivity index (χ3v) is 6.00. The summed E-state index contributed by atoms with van der Waals surface area (Å²) in [7, 11) is 1.39. The van der Waals surface area contributed by atoms with E-state index in [0.717, 1.165) is 16.8 Å². The number of nitrogens with one attached hydrogen (secondary N) is 1. The highest BCUT2D eigenvalue weighted by Gasteiger charge is 2.34. The van der Waals surface area contributed by atoms with E-state index < -0.39 is 29.6 Å². The van der Waals surface area contributed by atoms with Crippen molar-refractivity contribution in [3.63, 3.8) is 0 Å². The summed E-state index contributed by atoms with van der Waals surface area (Å²) in [6.07, 6.45) is -0.486. The van der Waals surface area contributed by atoms with E-state index in [1.165, 1.54) is 7.11 Å². The molecule has 0 fully saturated rings. The zero-order valence-electron chi connectivity index (χ0n) is 21.2. The number of imidazole rings is 1. The van der Waals surface area contributed by atoms with Crippen LogP contribution >= 0.6 is 0 Å². The van der Waals surface area contributed by atoms with E-state index in [0.29, 0.717) is 17.9 Å². The van der Waals surface area contributed by atoms with Crippen molar-refractivity contribution >= 4 is 5.91 Å². The Morgan fingerprint density at radius 2 is 1.94 bits per heavy atom. The number of aromatic nitrogens is 2. The number of benzene rings is 2. The molecule has 0 aliphatic carbocycles. The summed E-state index contributed by atoms with van der Waals surface area (Å²) in [6.45, 7) is 6.31. The predicted molar refractivity (Wildman–Crippen MR) is 138 cm³/mol. The summed E-state index contributed by atoms with van der Waals surface area (Å²) in [5.74, 6) is 0.235. The lowest BCUT2D eigenvalue weighted by molar-refractivity contribution is -0.134. The van der Waals surface area contributed by atoms with Crippen molar-refractivity contribution in [2.45, 2.75) is 52.1 Å². The summed E-state index contributed by atoms with van der Waals surface area (Å²) in [6, 6.07) is 18.9. The molecule has 1 aromatic heterocycles. The van der Waals surface area contributed by atoms with Gasteiger partial charge in [0.15, 0.2) is 0 Å². The topological polar surface area (TPSA) is 106 Å². The highest BCUT2D eigenvalue weighted by atomic mass is 19.1. The maximum atomic E-state index is 14.0. The first-order valence-corrected chi connectivity index (χ1v) is 11.9. The molecule has 0 spiro atoms. The fourth-order valence-corrected chi connectivity index (χ4v) is 4.01. The fraction of sp³-hybridized carbons (Fsp3) is 0.393. The second-order valence-electron chi connectivity index (χ2n) is 9.89. The number of hydrogen-bond acceptors (Lipinski definition) is 5. The predicted octanol–water partition coefficient (Wildman–Crippen LogP) is 4.38. The van der Waals surface area contributed by atoms with E-state index >= 15 is 0 Å². The summed E-state index contributed by atoms with van der Waals surface area (Å²) >= 11 is 0. The second-order valence-corrected chi connectivity index (χ2v) is 9.89. The highest BCUT2D eigenvalue weighted by molar-refractivity contribution is 5.81. The van der Waals surface area contributed by atoms with Crippen LogP contribution in [0.2, 0.25) is 0 Å². The van der Waals surface area contributed by atoms with Crippen LogP contribution in [0.5, 0.6) is 0 Å². The number of ether oxygens (including phenoxy) is 1. The van der Waals surface area contributed by atoms with Gasteiger partial charge in [0.25, 0.3) is 0 Å². The van der Waals surface area contributed by atoms with Crippen LogP contribution in [-0.2, 0) is 16.1 Å². The number of methoxy groups -OCH3 is 1. The minimum Gasteiger partial charge on any atom is -0.372 e. The molecule has 2 aromatic carbocycles. The van der Waals surface area contributed by atoms with Crippen molar-refractivity contribution < 1.29 is 13.9 Å². The largest absolute Gasteiger partial charge is 0.372 e. The Bertz CT molecular complexity index is 1200. The molecule has 1 amide bonds. The van der Waals surface area contributed by atoms with E-state index in [4.69, 9.17) is 15.5 Å². The van der Waals surface area contributed by atoms with Crippen molar-refractivity contribution in [3.8, 4) is 17.3 Å². The van der Waals surface area contributed by atoms with Crippen LogP contribution in [0, 0.1) is 16.7 Å². The van der Waals surface area contributed by atoms with Crippen LogP contribution in [0.15, 0.2) is 60.8 Å². The zero-order valence-corrected chi connectivity index (χ0v) is 21.2. The monoisotopic (exact) mass is 491 g/mol. The van der Waals surface area contributed by atoms with E-state index in [2.05, 4.69) is 11.4 Å². The number of halogens is 1. The van der Waals surface area contributed by atoms with Gasteiger partial charge in [0.1, 0.15) is 18.1 Å². The molecular weight excluding hydrogens is 457 g/mol. The number of rotatable bonds is 10. The van der Waals surface area contributed by atoms with Gasteiger partial charge < -0.3 is 20.4 Å². The van der Waals surface area contributed by atoms with Gasteiger partial charge in [0.2, 0.25) is 5.91 Å². The molecule has 3 aromatic rings. The Kier molecular flexibility index (Phi) is 8.97. The molecule has 0 saturated heterocycles. The molecule has 3 N–H and O–H groups in total. The molecule has 0 bridgehead atoms. The Labute approximate surface area is 212 Å². The molecule has 0 saturated carbocycles. The molecule has 1 heterocycles. The van der Waals surface area contributed by atoms with Gasteiger partial charge in [-0.1, -0.05) is 63.2 Å². The Balaban J connectivity index is 2.04. The van der Waals surface area contributed by atoms with Gasteiger partial charge >= 0.3 is 0 Å². The van der Waals surface area contributed by atoms with Gasteiger partial charge in [-0.25, -0.2) is 9.37 Å². The zero-order chi connectivity index (χ0) is 26.3. The molecule has 0 aliphatic heterocycles. The number of nitrogens with zero attached hydrogens (tertiary/aromatic N) is 3. The van der Waals surface area contributed by atoms with Gasteiger partial charge in [0.05, 0.1) is 23.4 Å². The Morgan fingerprint density at radius 3 is 2.56 bits per heavy atom. The molecule has 3 rings (SSSR count).